The first kappa shape index (κ1) is 12.0. The van der Waals surface area contributed by atoms with Crippen molar-refractivity contribution >= 4 is 11.7 Å². The maximum absolute atomic E-state index is 11.2. The number of rotatable bonds is 4. The third-order valence-electron chi connectivity index (χ3n) is 2.17. The van der Waals surface area contributed by atoms with Crippen LogP contribution < -0.4 is 5.73 Å². The molecule has 1 heterocycles. The minimum absolute atomic E-state index is 0.0524. The molecule has 0 saturated carbocycles. The summed E-state index contributed by atoms with van der Waals surface area (Å²) in [5, 5.41) is 11.7. The van der Waals surface area contributed by atoms with Gasteiger partial charge in [0.1, 0.15) is 0 Å². The number of esters is 1. The smallest absolute Gasteiger partial charge is 0.329 e. The molecule has 2 aromatic rings. The van der Waals surface area contributed by atoms with Gasteiger partial charge in [0, 0.05) is 11.3 Å². The minimum atomic E-state index is -0.394. The molecule has 0 spiro atoms. The Morgan fingerprint density at radius 1 is 1.50 bits per heavy atom. The number of tetrazole rings is 1. The van der Waals surface area contributed by atoms with Gasteiger partial charge in [-0.2, -0.15) is 4.80 Å². The summed E-state index contributed by atoms with van der Waals surface area (Å²) >= 11 is 0. The van der Waals surface area contributed by atoms with Crippen molar-refractivity contribution in [3.63, 3.8) is 0 Å². The Morgan fingerprint density at radius 2 is 2.33 bits per heavy atom. The number of carbonyl (C=O) groups is 1. The number of ether oxygens (including phenoxy) is 1. The fourth-order valence-corrected chi connectivity index (χ4v) is 1.43. The molecular weight excluding hydrogens is 234 g/mol. The van der Waals surface area contributed by atoms with Gasteiger partial charge in [-0.15, -0.1) is 10.2 Å². The number of benzene rings is 1. The van der Waals surface area contributed by atoms with Crippen LogP contribution in [0.1, 0.15) is 6.92 Å². The van der Waals surface area contributed by atoms with E-state index in [2.05, 4.69) is 15.4 Å². The number of hydrogen-bond donors (Lipinski definition) is 1. The van der Waals surface area contributed by atoms with Crippen LogP contribution in [0.2, 0.25) is 0 Å². The highest BCUT2D eigenvalue weighted by Crippen LogP contribution is 2.16. The Kier molecular flexibility index (Phi) is 3.52. The summed E-state index contributed by atoms with van der Waals surface area (Å²) in [7, 11) is 0. The van der Waals surface area contributed by atoms with Gasteiger partial charge in [0.2, 0.25) is 5.82 Å². The highest BCUT2D eigenvalue weighted by Gasteiger charge is 2.09. The van der Waals surface area contributed by atoms with E-state index in [-0.39, 0.29) is 6.54 Å². The summed E-state index contributed by atoms with van der Waals surface area (Å²) in [6.45, 7) is 2.02. The second-order valence-electron chi connectivity index (χ2n) is 3.57. The van der Waals surface area contributed by atoms with Crippen molar-refractivity contribution in [1.82, 2.24) is 20.2 Å². The number of hydrogen-bond acceptors (Lipinski definition) is 6. The standard InChI is InChI=1S/C11H13N5O2/c1-2-18-10(17)7-16-14-11(13-15-16)8-4-3-5-9(12)6-8/h3-6H,2,7,12H2,1H3. The van der Waals surface area contributed by atoms with Crippen molar-refractivity contribution in [2.24, 2.45) is 0 Å². The van der Waals surface area contributed by atoms with Crippen molar-refractivity contribution in [1.29, 1.82) is 0 Å². The number of carbonyl (C=O) groups excluding carboxylic acids is 1. The molecular formula is C11H13N5O2. The molecule has 1 aromatic carbocycles. The number of nitrogens with two attached hydrogens (primary N) is 1. The largest absolute Gasteiger partial charge is 0.465 e. The van der Waals surface area contributed by atoms with E-state index >= 15 is 0 Å². The van der Waals surface area contributed by atoms with Crippen molar-refractivity contribution in [3.05, 3.63) is 24.3 Å². The Bertz CT molecular complexity index is 552. The molecule has 94 valence electrons. The molecule has 0 aliphatic heterocycles. The van der Waals surface area contributed by atoms with Crippen LogP contribution in [0.15, 0.2) is 24.3 Å². The Morgan fingerprint density at radius 3 is 3.06 bits per heavy atom. The normalized spacial score (nSPS) is 10.3. The van der Waals surface area contributed by atoms with E-state index < -0.39 is 5.97 Å². The molecule has 0 amide bonds. The van der Waals surface area contributed by atoms with Gasteiger partial charge in [-0.1, -0.05) is 12.1 Å². The highest BCUT2D eigenvalue weighted by molar-refractivity contribution is 5.69. The van der Waals surface area contributed by atoms with Crippen LogP contribution in [0.5, 0.6) is 0 Å². The summed E-state index contributed by atoms with van der Waals surface area (Å²) in [4.78, 5) is 12.4. The van der Waals surface area contributed by atoms with E-state index in [1.165, 1.54) is 4.80 Å². The molecule has 7 heteroatoms. The molecule has 1 aromatic heterocycles. The van der Waals surface area contributed by atoms with E-state index in [4.69, 9.17) is 10.5 Å². The van der Waals surface area contributed by atoms with Crippen molar-refractivity contribution in [3.8, 4) is 11.4 Å². The van der Waals surface area contributed by atoms with Crippen molar-refractivity contribution in [2.45, 2.75) is 13.5 Å². The lowest BCUT2D eigenvalue weighted by Crippen LogP contribution is -2.15. The summed E-state index contributed by atoms with van der Waals surface area (Å²) in [5.74, 6) is 0.0284. The molecule has 0 radical (unpaired) electrons. The van der Waals surface area contributed by atoms with Gasteiger partial charge in [-0.3, -0.25) is 0 Å². The van der Waals surface area contributed by atoms with E-state index in [9.17, 15) is 4.79 Å². The SMILES string of the molecule is CCOC(=O)Cn1nnc(-c2cccc(N)c2)n1. The van der Waals surface area contributed by atoms with Gasteiger partial charge >= 0.3 is 5.97 Å². The maximum Gasteiger partial charge on any atom is 0.329 e. The molecule has 0 bridgehead atoms. The first-order chi connectivity index (χ1) is 8.69. The number of nitrogens with zero attached hydrogens (tertiary/aromatic N) is 4. The maximum atomic E-state index is 11.2. The van der Waals surface area contributed by atoms with Crippen LogP contribution in [0.3, 0.4) is 0 Å². The fraction of sp³-hybridized carbons (Fsp3) is 0.273. The van der Waals surface area contributed by atoms with Gasteiger partial charge < -0.3 is 10.5 Å². The molecule has 0 fully saturated rings. The number of aromatic nitrogens is 4. The van der Waals surface area contributed by atoms with Crippen LogP contribution in [0.25, 0.3) is 11.4 Å². The van der Waals surface area contributed by atoms with Crippen molar-refractivity contribution in [2.75, 3.05) is 12.3 Å². The van der Waals surface area contributed by atoms with E-state index in [1.807, 2.05) is 6.07 Å². The summed E-state index contributed by atoms with van der Waals surface area (Å²) in [6.07, 6.45) is 0. The molecule has 0 aliphatic carbocycles. The van der Waals surface area contributed by atoms with Gasteiger partial charge in [0.15, 0.2) is 6.54 Å². The van der Waals surface area contributed by atoms with Gasteiger partial charge in [0.25, 0.3) is 0 Å². The molecule has 0 aliphatic rings. The summed E-state index contributed by atoms with van der Waals surface area (Å²) in [6, 6.07) is 7.14. The van der Waals surface area contributed by atoms with E-state index in [0.717, 1.165) is 5.56 Å². The van der Waals surface area contributed by atoms with Crippen LogP contribution in [-0.4, -0.2) is 32.8 Å². The topological polar surface area (TPSA) is 95.9 Å². The number of nitrogen functional groups attached to an aromatic ring is 1. The van der Waals surface area contributed by atoms with E-state index in [0.29, 0.717) is 18.1 Å². The van der Waals surface area contributed by atoms with Gasteiger partial charge in [0.05, 0.1) is 6.61 Å². The zero-order chi connectivity index (χ0) is 13.0. The van der Waals surface area contributed by atoms with Crippen LogP contribution in [0, 0.1) is 0 Å². The first-order valence-corrected chi connectivity index (χ1v) is 5.48. The monoisotopic (exact) mass is 247 g/mol. The summed E-state index contributed by atoms with van der Waals surface area (Å²) in [5.41, 5.74) is 7.04. The van der Waals surface area contributed by atoms with Crippen LogP contribution in [-0.2, 0) is 16.1 Å². The molecule has 18 heavy (non-hydrogen) atoms. The first-order valence-electron chi connectivity index (χ1n) is 5.48. The second-order valence-corrected chi connectivity index (χ2v) is 3.57. The quantitative estimate of drug-likeness (QED) is 0.623. The van der Waals surface area contributed by atoms with Gasteiger partial charge in [-0.25, -0.2) is 4.79 Å². The molecule has 2 N–H and O–H groups in total. The average molecular weight is 247 g/mol. The fourth-order valence-electron chi connectivity index (χ4n) is 1.43. The third-order valence-corrected chi connectivity index (χ3v) is 2.17. The molecule has 2 rings (SSSR count). The Hall–Kier alpha value is -2.44. The zero-order valence-electron chi connectivity index (χ0n) is 9.91. The molecule has 0 saturated heterocycles. The van der Waals surface area contributed by atoms with Crippen LogP contribution in [0.4, 0.5) is 5.69 Å². The minimum Gasteiger partial charge on any atom is -0.465 e. The zero-order valence-corrected chi connectivity index (χ0v) is 9.91. The van der Waals surface area contributed by atoms with E-state index in [1.54, 1.807) is 25.1 Å². The molecule has 7 nitrogen and oxygen atoms in total. The lowest BCUT2D eigenvalue weighted by molar-refractivity contribution is -0.144. The predicted molar refractivity (Wildman–Crippen MR) is 64.3 cm³/mol. The van der Waals surface area contributed by atoms with Gasteiger partial charge in [-0.05, 0) is 24.3 Å². The van der Waals surface area contributed by atoms with Crippen LogP contribution >= 0.6 is 0 Å². The molecule has 0 atom stereocenters. The van der Waals surface area contributed by atoms with Crippen molar-refractivity contribution < 1.29 is 9.53 Å². The highest BCUT2D eigenvalue weighted by atomic mass is 16.5. The second kappa shape index (κ2) is 5.26. The lowest BCUT2D eigenvalue weighted by atomic mass is 10.2. The third kappa shape index (κ3) is 2.82. The Labute approximate surface area is 104 Å². The predicted octanol–water partition coefficient (Wildman–Crippen LogP) is 0.485. The lowest BCUT2D eigenvalue weighted by Gasteiger charge is -1.99. The molecule has 0 unspecified atom stereocenters. The average Bonchev–Trinajstić information content (AvgIpc) is 2.78. The number of anilines is 1. The summed E-state index contributed by atoms with van der Waals surface area (Å²) < 4.78 is 4.79. The Balaban J connectivity index is 2.13.